The molecule has 1 aromatic carbocycles. The highest BCUT2D eigenvalue weighted by molar-refractivity contribution is 7.89. The van der Waals surface area contributed by atoms with Gasteiger partial charge in [-0.05, 0) is 56.3 Å². The smallest absolute Gasteiger partial charge is 0.243 e. The summed E-state index contributed by atoms with van der Waals surface area (Å²) in [5.74, 6) is 0.207. The summed E-state index contributed by atoms with van der Waals surface area (Å²) in [6.45, 7) is 9.94. The third-order valence-electron chi connectivity index (χ3n) is 5.25. The Balaban J connectivity index is 1.80. The fraction of sp³-hybridized carbons (Fsp3) is 0.458. The van der Waals surface area contributed by atoms with E-state index in [4.69, 9.17) is 4.74 Å². The summed E-state index contributed by atoms with van der Waals surface area (Å²) in [5, 5.41) is 4.89. The molecular weight excluding hydrogens is 458 g/mol. The second kappa shape index (κ2) is 11.8. The molecule has 0 radical (unpaired) electrons. The number of sulfonamides is 1. The highest BCUT2D eigenvalue weighted by Gasteiger charge is 2.27. The Kier molecular flexibility index (Phi) is 9.08. The number of piperidine rings is 1. The lowest BCUT2D eigenvalue weighted by Crippen LogP contribution is -2.35. The number of nitrogens with zero attached hydrogens (tertiary/aromatic N) is 2. The molecule has 0 spiro atoms. The normalized spacial score (nSPS) is 15.0. The van der Waals surface area contributed by atoms with Crippen LogP contribution >= 0.6 is 11.3 Å². The van der Waals surface area contributed by atoms with Crippen molar-refractivity contribution < 1.29 is 17.9 Å². The van der Waals surface area contributed by atoms with E-state index in [-0.39, 0.29) is 23.5 Å². The van der Waals surface area contributed by atoms with Gasteiger partial charge < -0.3 is 10.1 Å². The predicted molar refractivity (Wildman–Crippen MR) is 133 cm³/mol. The molecular formula is C24H33N3O4S2. The monoisotopic (exact) mass is 491 g/mol. The molecule has 9 heteroatoms. The van der Waals surface area contributed by atoms with Crippen LogP contribution in [-0.2, 0) is 21.4 Å². The molecule has 180 valence electrons. The Hall–Kier alpha value is -2.20. The SMILES string of the molecule is C=CCN(CC(=O)Nc1cc(S(=O)(=O)N2CCCCC2)ccc1OC(C)C)Cc1cccs1. The number of amides is 1. The van der Waals surface area contributed by atoms with Crippen LogP contribution in [0.2, 0.25) is 0 Å². The van der Waals surface area contributed by atoms with Gasteiger partial charge in [-0.25, -0.2) is 8.42 Å². The molecule has 2 aromatic rings. The van der Waals surface area contributed by atoms with Crippen LogP contribution in [0.15, 0.2) is 53.3 Å². The molecule has 0 atom stereocenters. The van der Waals surface area contributed by atoms with Gasteiger partial charge in [-0.15, -0.1) is 17.9 Å². The molecule has 0 unspecified atom stereocenters. The van der Waals surface area contributed by atoms with Crippen molar-refractivity contribution in [2.75, 3.05) is 31.5 Å². The zero-order chi connectivity index (χ0) is 23.8. The molecule has 3 rings (SSSR count). The van der Waals surface area contributed by atoms with Crippen LogP contribution in [0.4, 0.5) is 5.69 Å². The number of nitrogens with one attached hydrogen (secondary N) is 1. The first-order chi connectivity index (χ1) is 15.8. The summed E-state index contributed by atoms with van der Waals surface area (Å²) in [6.07, 6.45) is 4.41. The maximum Gasteiger partial charge on any atom is 0.243 e. The van der Waals surface area contributed by atoms with Gasteiger partial charge in [0, 0.05) is 31.1 Å². The molecule has 1 amide bonds. The van der Waals surface area contributed by atoms with E-state index in [0.717, 1.165) is 24.1 Å². The van der Waals surface area contributed by atoms with Crippen LogP contribution in [0.1, 0.15) is 38.0 Å². The Morgan fingerprint density at radius 1 is 1.27 bits per heavy atom. The number of rotatable bonds is 11. The van der Waals surface area contributed by atoms with E-state index in [1.54, 1.807) is 29.5 Å². The van der Waals surface area contributed by atoms with Gasteiger partial charge in [0.05, 0.1) is 23.2 Å². The summed E-state index contributed by atoms with van der Waals surface area (Å²) >= 11 is 1.64. The Labute approximate surface area is 201 Å². The molecule has 1 aliphatic heterocycles. The molecule has 1 saturated heterocycles. The largest absolute Gasteiger partial charge is 0.489 e. The maximum atomic E-state index is 13.2. The molecule has 0 saturated carbocycles. The number of benzene rings is 1. The van der Waals surface area contributed by atoms with E-state index < -0.39 is 10.0 Å². The van der Waals surface area contributed by atoms with E-state index in [2.05, 4.69) is 11.9 Å². The van der Waals surface area contributed by atoms with Gasteiger partial charge >= 0.3 is 0 Å². The first-order valence-electron chi connectivity index (χ1n) is 11.3. The van der Waals surface area contributed by atoms with E-state index >= 15 is 0 Å². The summed E-state index contributed by atoms with van der Waals surface area (Å²) in [7, 11) is -3.63. The van der Waals surface area contributed by atoms with Crippen molar-refractivity contribution in [1.82, 2.24) is 9.21 Å². The first-order valence-corrected chi connectivity index (χ1v) is 13.6. The molecule has 1 aromatic heterocycles. The molecule has 0 aliphatic carbocycles. The van der Waals surface area contributed by atoms with Crippen LogP contribution in [0, 0.1) is 0 Å². The van der Waals surface area contributed by atoms with Crippen molar-refractivity contribution in [1.29, 1.82) is 0 Å². The Morgan fingerprint density at radius 2 is 2.03 bits per heavy atom. The average Bonchev–Trinajstić information content (AvgIpc) is 3.28. The third-order valence-corrected chi connectivity index (χ3v) is 8.01. The van der Waals surface area contributed by atoms with Crippen molar-refractivity contribution in [2.24, 2.45) is 0 Å². The van der Waals surface area contributed by atoms with Gasteiger partial charge in [0.15, 0.2) is 0 Å². The van der Waals surface area contributed by atoms with E-state index in [0.29, 0.717) is 37.6 Å². The van der Waals surface area contributed by atoms with Crippen molar-refractivity contribution >= 4 is 33.0 Å². The van der Waals surface area contributed by atoms with Gasteiger partial charge in [-0.1, -0.05) is 18.6 Å². The number of hydrogen-bond acceptors (Lipinski definition) is 6. The zero-order valence-electron chi connectivity index (χ0n) is 19.3. The molecule has 1 aliphatic rings. The maximum absolute atomic E-state index is 13.2. The summed E-state index contributed by atoms with van der Waals surface area (Å²) < 4.78 is 33.7. The van der Waals surface area contributed by atoms with E-state index in [1.165, 1.54) is 10.4 Å². The quantitative estimate of drug-likeness (QED) is 0.473. The standard InChI is InChI=1S/C24H33N3O4S2/c1-4-12-26(17-20-9-8-15-32-20)18-24(28)25-22-16-21(10-11-23(22)31-19(2)3)33(29,30)27-13-6-5-7-14-27/h4,8-11,15-16,19H,1,5-7,12-14,17-18H2,2-3H3,(H,25,28). The average molecular weight is 492 g/mol. The molecule has 1 N–H and O–H groups in total. The number of hydrogen-bond donors (Lipinski definition) is 1. The second-order valence-electron chi connectivity index (χ2n) is 8.38. The minimum Gasteiger partial charge on any atom is -0.489 e. The fourth-order valence-corrected chi connectivity index (χ4v) is 6.05. The summed E-state index contributed by atoms with van der Waals surface area (Å²) in [5.41, 5.74) is 0.362. The van der Waals surface area contributed by atoms with Crippen LogP contribution < -0.4 is 10.1 Å². The van der Waals surface area contributed by atoms with E-state index in [1.807, 2.05) is 36.3 Å². The molecule has 2 heterocycles. The minimum absolute atomic E-state index is 0.124. The van der Waals surface area contributed by atoms with Crippen molar-refractivity contribution in [3.8, 4) is 5.75 Å². The molecule has 33 heavy (non-hydrogen) atoms. The van der Waals surface area contributed by atoms with Crippen molar-refractivity contribution in [3.05, 3.63) is 53.2 Å². The highest BCUT2D eigenvalue weighted by atomic mass is 32.2. The van der Waals surface area contributed by atoms with Gasteiger partial charge in [-0.2, -0.15) is 4.31 Å². The molecule has 0 bridgehead atoms. The fourth-order valence-electron chi connectivity index (χ4n) is 3.76. The number of thiophene rings is 1. The highest BCUT2D eigenvalue weighted by Crippen LogP contribution is 2.31. The van der Waals surface area contributed by atoms with Crippen molar-refractivity contribution in [3.63, 3.8) is 0 Å². The lowest BCUT2D eigenvalue weighted by molar-refractivity contribution is -0.117. The van der Waals surface area contributed by atoms with Crippen LogP contribution in [0.5, 0.6) is 5.75 Å². The second-order valence-corrected chi connectivity index (χ2v) is 11.3. The minimum atomic E-state index is -3.63. The van der Waals surface area contributed by atoms with Crippen LogP contribution in [0.25, 0.3) is 0 Å². The zero-order valence-corrected chi connectivity index (χ0v) is 21.0. The number of carbonyl (C=O) groups excluding carboxylic acids is 1. The number of ether oxygens (including phenoxy) is 1. The first kappa shape index (κ1) is 25.4. The molecule has 1 fully saturated rings. The molecule has 7 nitrogen and oxygen atoms in total. The van der Waals surface area contributed by atoms with Gasteiger partial charge in [0.25, 0.3) is 0 Å². The number of carbonyl (C=O) groups is 1. The number of anilines is 1. The Morgan fingerprint density at radius 3 is 2.67 bits per heavy atom. The van der Waals surface area contributed by atoms with Gasteiger partial charge in [0.2, 0.25) is 15.9 Å². The third kappa shape index (κ3) is 7.14. The topological polar surface area (TPSA) is 79.0 Å². The Bertz CT molecular complexity index is 1030. The van der Waals surface area contributed by atoms with Gasteiger partial charge in [-0.3, -0.25) is 9.69 Å². The van der Waals surface area contributed by atoms with Crippen LogP contribution in [-0.4, -0.2) is 55.8 Å². The predicted octanol–water partition coefficient (Wildman–Crippen LogP) is 4.34. The lowest BCUT2D eigenvalue weighted by Gasteiger charge is -2.26. The lowest BCUT2D eigenvalue weighted by atomic mass is 10.2. The summed E-state index contributed by atoms with van der Waals surface area (Å²) in [6, 6.07) is 8.70. The van der Waals surface area contributed by atoms with Crippen molar-refractivity contribution in [2.45, 2.75) is 50.7 Å². The van der Waals surface area contributed by atoms with Gasteiger partial charge in [0.1, 0.15) is 5.75 Å². The van der Waals surface area contributed by atoms with Crippen LogP contribution in [0.3, 0.4) is 0 Å². The summed E-state index contributed by atoms with van der Waals surface area (Å²) in [4.78, 5) is 16.2. The van der Waals surface area contributed by atoms with E-state index in [9.17, 15) is 13.2 Å².